The molecule has 4 rings (SSSR count). The molecule has 1 aromatic carbocycles. The van der Waals surface area contributed by atoms with E-state index in [4.69, 9.17) is 34.8 Å². The molecule has 1 fully saturated rings. The first-order valence-electron chi connectivity index (χ1n) is 10.1. The Labute approximate surface area is 192 Å². The number of aromatic nitrogens is 3. The van der Waals surface area contributed by atoms with Gasteiger partial charge in [0.2, 0.25) is 0 Å². The Morgan fingerprint density at radius 2 is 1.83 bits per heavy atom. The third-order valence-electron chi connectivity index (χ3n) is 5.39. The second-order valence-electron chi connectivity index (χ2n) is 7.57. The first-order valence-corrected chi connectivity index (χ1v) is 11.2. The maximum absolute atomic E-state index is 6.61. The van der Waals surface area contributed by atoms with E-state index in [1.807, 2.05) is 25.3 Å². The Balaban J connectivity index is 1.36. The topological polar surface area (TPSA) is 46.0 Å². The van der Waals surface area contributed by atoms with Gasteiger partial charge in [-0.15, -0.1) is 0 Å². The normalized spacial score (nSPS) is 13.9. The van der Waals surface area contributed by atoms with Gasteiger partial charge in [0, 0.05) is 48.0 Å². The van der Waals surface area contributed by atoms with Gasteiger partial charge in [-0.3, -0.25) is 0 Å². The van der Waals surface area contributed by atoms with Gasteiger partial charge in [-0.2, -0.15) is 5.10 Å². The lowest BCUT2D eigenvalue weighted by Gasteiger charge is -2.16. The Morgan fingerprint density at radius 1 is 1.03 bits per heavy atom. The third-order valence-corrected chi connectivity index (χ3v) is 6.40. The first-order chi connectivity index (χ1) is 14.5. The Bertz CT molecular complexity index is 1010. The molecule has 0 spiro atoms. The second-order valence-corrected chi connectivity index (χ2v) is 8.77. The van der Waals surface area contributed by atoms with E-state index in [0.29, 0.717) is 28.3 Å². The SMILES string of the molecule is Cc1nn(Cc2ccc(Cl)cc2Cl)c(Cl)c1CNCc1ccc(N2CCCC2)nc1. The predicted octanol–water partition coefficient (Wildman–Crippen LogP) is 5.49. The van der Waals surface area contributed by atoms with Crippen molar-refractivity contribution in [1.82, 2.24) is 20.1 Å². The summed E-state index contributed by atoms with van der Waals surface area (Å²) in [5.74, 6) is 1.07. The molecule has 1 aliphatic rings. The summed E-state index contributed by atoms with van der Waals surface area (Å²) in [6, 6.07) is 9.68. The minimum atomic E-state index is 0.498. The van der Waals surface area contributed by atoms with Crippen LogP contribution in [0.3, 0.4) is 0 Å². The van der Waals surface area contributed by atoms with Gasteiger partial charge in [0.1, 0.15) is 11.0 Å². The van der Waals surface area contributed by atoms with Gasteiger partial charge in [0.05, 0.1) is 12.2 Å². The van der Waals surface area contributed by atoms with Gasteiger partial charge in [-0.1, -0.05) is 46.9 Å². The molecular weight excluding hydrogens is 441 g/mol. The molecule has 30 heavy (non-hydrogen) atoms. The van der Waals surface area contributed by atoms with Crippen molar-refractivity contribution in [3.05, 3.63) is 74.1 Å². The summed E-state index contributed by atoms with van der Waals surface area (Å²) in [5, 5.41) is 9.87. The molecular formula is C22H24Cl3N5. The fourth-order valence-electron chi connectivity index (χ4n) is 3.69. The van der Waals surface area contributed by atoms with E-state index < -0.39 is 0 Å². The number of rotatable bonds is 7. The number of halogens is 3. The van der Waals surface area contributed by atoms with Gasteiger partial charge in [0.15, 0.2) is 0 Å². The van der Waals surface area contributed by atoms with Crippen LogP contribution in [0.4, 0.5) is 5.82 Å². The largest absolute Gasteiger partial charge is 0.357 e. The molecule has 0 amide bonds. The zero-order chi connectivity index (χ0) is 21.1. The highest BCUT2D eigenvalue weighted by atomic mass is 35.5. The van der Waals surface area contributed by atoms with Crippen LogP contribution in [-0.4, -0.2) is 27.9 Å². The van der Waals surface area contributed by atoms with Crippen molar-refractivity contribution in [2.24, 2.45) is 0 Å². The van der Waals surface area contributed by atoms with Crippen molar-refractivity contribution < 1.29 is 0 Å². The number of hydrogen-bond donors (Lipinski definition) is 1. The summed E-state index contributed by atoms with van der Waals surface area (Å²) in [4.78, 5) is 6.94. The summed E-state index contributed by atoms with van der Waals surface area (Å²) in [6.45, 7) is 6.03. The number of aryl methyl sites for hydroxylation is 1. The van der Waals surface area contributed by atoms with E-state index in [2.05, 4.69) is 32.4 Å². The van der Waals surface area contributed by atoms with Crippen LogP contribution < -0.4 is 10.2 Å². The number of hydrogen-bond acceptors (Lipinski definition) is 4. The smallest absolute Gasteiger partial charge is 0.132 e. The molecule has 3 heterocycles. The van der Waals surface area contributed by atoms with Gasteiger partial charge in [-0.25, -0.2) is 9.67 Å². The van der Waals surface area contributed by atoms with Gasteiger partial charge < -0.3 is 10.2 Å². The lowest BCUT2D eigenvalue weighted by Crippen LogP contribution is -2.19. The average Bonchev–Trinajstić information content (AvgIpc) is 3.35. The van der Waals surface area contributed by atoms with Crippen molar-refractivity contribution >= 4 is 40.6 Å². The summed E-state index contributed by atoms with van der Waals surface area (Å²) in [7, 11) is 0. The van der Waals surface area contributed by atoms with E-state index in [0.717, 1.165) is 47.8 Å². The number of benzene rings is 1. The van der Waals surface area contributed by atoms with Crippen LogP contribution in [0.2, 0.25) is 15.2 Å². The molecule has 0 aliphatic carbocycles. The molecule has 0 unspecified atom stereocenters. The summed E-state index contributed by atoms with van der Waals surface area (Å²) in [5.41, 5.74) is 3.96. The van der Waals surface area contributed by atoms with Crippen molar-refractivity contribution in [3.8, 4) is 0 Å². The second kappa shape index (κ2) is 9.56. The van der Waals surface area contributed by atoms with E-state index in [1.54, 1.807) is 10.7 Å². The molecule has 5 nitrogen and oxygen atoms in total. The maximum Gasteiger partial charge on any atom is 0.132 e. The van der Waals surface area contributed by atoms with E-state index in [-0.39, 0.29) is 0 Å². The standard InChI is InChI=1S/C22H24Cl3N5/c1-15-19(22(25)30(28-15)14-17-5-6-18(23)10-20(17)24)13-26-11-16-4-7-21(27-12-16)29-8-2-3-9-29/h4-7,10,12,26H,2-3,8-9,11,13-14H2,1H3. The van der Waals surface area contributed by atoms with Gasteiger partial charge in [0.25, 0.3) is 0 Å². The van der Waals surface area contributed by atoms with E-state index >= 15 is 0 Å². The van der Waals surface area contributed by atoms with Crippen molar-refractivity contribution in [2.45, 2.75) is 39.4 Å². The molecule has 2 aromatic heterocycles. The van der Waals surface area contributed by atoms with Crippen LogP contribution in [0.5, 0.6) is 0 Å². The lowest BCUT2D eigenvalue weighted by molar-refractivity contribution is 0.676. The molecule has 0 atom stereocenters. The highest BCUT2D eigenvalue weighted by Crippen LogP contribution is 2.25. The van der Waals surface area contributed by atoms with Crippen LogP contribution >= 0.6 is 34.8 Å². The van der Waals surface area contributed by atoms with Crippen LogP contribution in [0.15, 0.2) is 36.5 Å². The number of pyridine rings is 1. The number of anilines is 1. The van der Waals surface area contributed by atoms with Crippen molar-refractivity contribution in [2.75, 3.05) is 18.0 Å². The third kappa shape index (κ3) is 4.92. The zero-order valence-corrected chi connectivity index (χ0v) is 19.1. The average molecular weight is 465 g/mol. The Morgan fingerprint density at radius 3 is 2.53 bits per heavy atom. The van der Waals surface area contributed by atoms with Gasteiger partial charge >= 0.3 is 0 Å². The molecule has 1 saturated heterocycles. The summed E-state index contributed by atoms with van der Waals surface area (Å²) in [6.07, 6.45) is 4.45. The zero-order valence-electron chi connectivity index (χ0n) is 16.8. The molecule has 8 heteroatoms. The monoisotopic (exact) mass is 463 g/mol. The fourth-order valence-corrected chi connectivity index (χ4v) is 4.46. The van der Waals surface area contributed by atoms with Crippen molar-refractivity contribution in [3.63, 3.8) is 0 Å². The van der Waals surface area contributed by atoms with Crippen LogP contribution in [0, 0.1) is 6.92 Å². The Hall–Kier alpha value is -1.79. The number of nitrogens with zero attached hydrogens (tertiary/aromatic N) is 4. The van der Waals surface area contributed by atoms with Crippen molar-refractivity contribution in [1.29, 1.82) is 0 Å². The first kappa shape index (κ1) is 21.4. The van der Waals surface area contributed by atoms with E-state index in [9.17, 15) is 0 Å². The molecule has 158 valence electrons. The predicted molar refractivity (Wildman–Crippen MR) is 124 cm³/mol. The lowest BCUT2D eigenvalue weighted by atomic mass is 10.2. The molecule has 0 saturated carbocycles. The number of nitrogens with one attached hydrogen (secondary N) is 1. The van der Waals surface area contributed by atoms with Crippen LogP contribution in [0.25, 0.3) is 0 Å². The highest BCUT2D eigenvalue weighted by molar-refractivity contribution is 6.35. The quantitative estimate of drug-likeness (QED) is 0.502. The van der Waals surface area contributed by atoms with Crippen LogP contribution in [-0.2, 0) is 19.6 Å². The molecule has 1 N–H and O–H groups in total. The minimum Gasteiger partial charge on any atom is -0.357 e. The fraction of sp³-hybridized carbons (Fsp3) is 0.364. The van der Waals surface area contributed by atoms with Gasteiger partial charge in [-0.05, 0) is 49.1 Å². The highest BCUT2D eigenvalue weighted by Gasteiger charge is 2.15. The molecule has 1 aliphatic heterocycles. The maximum atomic E-state index is 6.61. The Kier molecular flexibility index (Phi) is 6.84. The van der Waals surface area contributed by atoms with Crippen LogP contribution in [0.1, 0.15) is 35.2 Å². The summed E-state index contributed by atoms with van der Waals surface area (Å²) >= 11 is 18.9. The molecule has 0 radical (unpaired) electrons. The summed E-state index contributed by atoms with van der Waals surface area (Å²) < 4.78 is 1.77. The minimum absolute atomic E-state index is 0.498. The molecule has 3 aromatic rings. The van der Waals surface area contributed by atoms with E-state index in [1.165, 1.54) is 12.8 Å². The molecule has 0 bridgehead atoms.